The summed E-state index contributed by atoms with van der Waals surface area (Å²) in [5.41, 5.74) is 2.53. The van der Waals surface area contributed by atoms with Crippen molar-refractivity contribution in [3.8, 4) is 23.0 Å². The van der Waals surface area contributed by atoms with Gasteiger partial charge in [-0.2, -0.15) is 5.10 Å². The summed E-state index contributed by atoms with van der Waals surface area (Å²) in [4.78, 5) is 25.4. The van der Waals surface area contributed by atoms with E-state index in [2.05, 4.69) is 32.2 Å². The first-order valence-corrected chi connectivity index (χ1v) is 9.84. The van der Waals surface area contributed by atoms with Crippen molar-refractivity contribution in [2.24, 2.45) is 0 Å². The maximum atomic E-state index is 13.1. The molecule has 5 rings (SSSR count). The van der Waals surface area contributed by atoms with Gasteiger partial charge in [0.1, 0.15) is 5.82 Å². The topological polar surface area (TPSA) is 94.5 Å². The molecule has 0 radical (unpaired) electrons. The molecule has 0 unspecified atom stereocenters. The molecule has 150 valence electrons. The Morgan fingerprint density at radius 3 is 2.73 bits per heavy atom. The molecule has 5 aromatic rings. The number of aromatic nitrogens is 6. The minimum absolute atomic E-state index is 0.163. The number of H-pyrrole nitrogens is 1. The van der Waals surface area contributed by atoms with E-state index in [1.165, 1.54) is 0 Å². The molecule has 8 nitrogen and oxygen atoms in total. The van der Waals surface area contributed by atoms with Crippen molar-refractivity contribution < 1.29 is 4.42 Å². The predicted molar refractivity (Wildman–Crippen MR) is 113 cm³/mol. The number of fused-ring (bicyclic) bond motifs is 1. The molecule has 0 saturated carbocycles. The summed E-state index contributed by atoms with van der Waals surface area (Å²) in [6.07, 6.45) is 6.01. The Balaban J connectivity index is 1.55. The molecule has 0 fully saturated rings. The highest BCUT2D eigenvalue weighted by atomic mass is 16.3. The van der Waals surface area contributed by atoms with Crippen molar-refractivity contribution >= 4 is 11.2 Å². The van der Waals surface area contributed by atoms with Crippen molar-refractivity contribution in [1.29, 1.82) is 0 Å². The van der Waals surface area contributed by atoms with E-state index in [4.69, 9.17) is 4.42 Å². The van der Waals surface area contributed by atoms with Crippen molar-refractivity contribution in [2.75, 3.05) is 0 Å². The van der Waals surface area contributed by atoms with Crippen molar-refractivity contribution in [3.05, 3.63) is 77.0 Å². The Kier molecular flexibility index (Phi) is 4.51. The summed E-state index contributed by atoms with van der Waals surface area (Å²) in [6, 6.07) is 13.7. The summed E-state index contributed by atoms with van der Waals surface area (Å²) in [5.74, 6) is 1.59. The van der Waals surface area contributed by atoms with Gasteiger partial charge in [-0.1, -0.05) is 37.3 Å². The van der Waals surface area contributed by atoms with Gasteiger partial charge in [-0.15, -0.1) is 0 Å². The standard InChI is InChI=1S/C22H20N6O2/c1-2-10-28-21(17-9-6-11-30-17)26-20-18(22(28)29)24-19(25-20)16-12-23-27(14-16)13-15-7-4-3-5-8-15/h3-9,11-12,14H,2,10,13H2,1H3,(H,24,25). The van der Waals surface area contributed by atoms with E-state index in [0.29, 0.717) is 41.7 Å². The van der Waals surface area contributed by atoms with Crippen LogP contribution in [0.15, 0.2) is 70.3 Å². The lowest BCUT2D eigenvalue weighted by Crippen LogP contribution is -2.23. The molecule has 0 amide bonds. The molecule has 0 bridgehead atoms. The summed E-state index contributed by atoms with van der Waals surface area (Å²) in [6.45, 7) is 3.22. The minimum Gasteiger partial charge on any atom is -0.461 e. The van der Waals surface area contributed by atoms with E-state index in [0.717, 1.165) is 17.5 Å². The van der Waals surface area contributed by atoms with Crippen LogP contribution in [0.1, 0.15) is 18.9 Å². The van der Waals surface area contributed by atoms with Gasteiger partial charge >= 0.3 is 0 Å². The van der Waals surface area contributed by atoms with Gasteiger partial charge in [-0.25, -0.2) is 9.97 Å². The molecule has 30 heavy (non-hydrogen) atoms. The van der Waals surface area contributed by atoms with E-state index in [1.54, 1.807) is 29.2 Å². The molecule has 1 aromatic carbocycles. The zero-order valence-corrected chi connectivity index (χ0v) is 16.4. The quantitative estimate of drug-likeness (QED) is 0.469. The number of nitrogens with zero attached hydrogens (tertiary/aromatic N) is 5. The Morgan fingerprint density at radius 1 is 1.10 bits per heavy atom. The summed E-state index contributed by atoms with van der Waals surface area (Å²) in [7, 11) is 0. The molecule has 0 saturated heterocycles. The normalized spacial score (nSPS) is 11.4. The number of benzene rings is 1. The van der Waals surface area contributed by atoms with Crippen LogP contribution in [0.4, 0.5) is 0 Å². The van der Waals surface area contributed by atoms with E-state index >= 15 is 0 Å². The van der Waals surface area contributed by atoms with Gasteiger partial charge in [0.15, 0.2) is 22.7 Å². The van der Waals surface area contributed by atoms with Crippen LogP contribution in [-0.4, -0.2) is 29.3 Å². The molecular weight excluding hydrogens is 380 g/mol. The van der Waals surface area contributed by atoms with Gasteiger partial charge in [0, 0.05) is 12.7 Å². The maximum absolute atomic E-state index is 13.1. The van der Waals surface area contributed by atoms with Gasteiger partial charge in [-0.05, 0) is 24.1 Å². The lowest BCUT2D eigenvalue weighted by molar-refractivity contribution is 0.560. The van der Waals surface area contributed by atoms with Gasteiger partial charge in [0.2, 0.25) is 0 Å². The van der Waals surface area contributed by atoms with Crippen LogP contribution in [0.3, 0.4) is 0 Å². The van der Waals surface area contributed by atoms with Gasteiger partial charge in [0.25, 0.3) is 5.56 Å². The first-order valence-electron chi connectivity index (χ1n) is 9.84. The van der Waals surface area contributed by atoms with Gasteiger partial charge in [-0.3, -0.25) is 14.0 Å². The third-order valence-corrected chi connectivity index (χ3v) is 4.89. The molecule has 0 aliphatic rings. The zero-order chi connectivity index (χ0) is 20.5. The highest BCUT2D eigenvalue weighted by Crippen LogP contribution is 2.22. The molecule has 4 heterocycles. The smallest absolute Gasteiger partial charge is 0.279 e. The highest BCUT2D eigenvalue weighted by molar-refractivity contribution is 5.76. The van der Waals surface area contributed by atoms with Crippen LogP contribution in [0.2, 0.25) is 0 Å². The second-order valence-electron chi connectivity index (χ2n) is 7.07. The number of imidazole rings is 1. The van der Waals surface area contributed by atoms with E-state index < -0.39 is 0 Å². The molecule has 4 aromatic heterocycles. The molecule has 0 atom stereocenters. The van der Waals surface area contributed by atoms with Crippen LogP contribution in [-0.2, 0) is 13.1 Å². The van der Waals surface area contributed by atoms with Gasteiger partial charge < -0.3 is 9.40 Å². The van der Waals surface area contributed by atoms with E-state index in [1.807, 2.05) is 36.0 Å². The SMILES string of the molecule is CCCn1c(-c2ccco2)nc2nc(-c3cnn(Cc4ccccc4)c3)[nH]c2c1=O. The molecule has 0 aliphatic carbocycles. The minimum atomic E-state index is -0.163. The Bertz CT molecular complexity index is 1350. The van der Waals surface area contributed by atoms with Crippen LogP contribution in [0.5, 0.6) is 0 Å². The number of nitrogens with one attached hydrogen (secondary N) is 1. The average Bonchev–Trinajstić information content (AvgIpc) is 3.51. The fourth-order valence-corrected chi connectivity index (χ4v) is 3.49. The number of rotatable bonds is 6. The fourth-order valence-electron chi connectivity index (χ4n) is 3.49. The highest BCUT2D eigenvalue weighted by Gasteiger charge is 2.18. The lowest BCUT2D eigenvalue weighted by atomic mass is 10.2. The van der Waals surface area contributed by atoms with Gasteiger partial charge in [0.05, 0.1) is 24.6 Å². The predicted octanol–water partition coefficient (Wildman–Crippen LogP) is 3.70. The molecular formula is C22H20N6O2. The largest absolute Gasteiger partial charge is 0.461 e. The number of aromatic amines is 1. The molecule has 0 aliphatic heterocycles. The second kappa shape index (κ2) is 7.47. The van der Waals surface area contributed by atoms with E-state index in [9.17, 15) is 4.79 Å². The summed E-state index contributed by atoms with van der Waals surface area (Å²) < 4.78 is 8.96. The van der Waals surface area contributed by atoms with Crippen molar-refractivity contribution in [1.82, 2.24) is 29.3 Å². The van der Waals surface area contributed by atoms with Crippen LogP contribution in [0.25, 0.3) is 34.1 Å². The Hall–Kier alpha value is -3.94. The summed E-state index contributed by atoms with van der Waals surface area (Å²) in [5, 5.41) is 4.42. The third kappa shape index (κ3) is 3.22. The number of furan rings is 1. The third-order valence-electron chi connectivity index (χ3n) is 4.89. The zero-order valence-electron chi connectivity index (χ0n) is 16.4. The second-order valence-corrected chi connectivity index (χ2v) is 7.07. The molecule has 1 N–H and O–H groups in total. The monoisotopic (exact) mass is 400 g/mol. The molecule has 8 heteroatoms. The Morgan fingerprint density at radius 2 is 1.97 bits per heavy atom. The van der Waals surface area contributed by atoms with Crippen LogP contribution < -0.4 is 5.56 Å². The van der Waals surface area contributed by atoms with Crippen molar-refractivity contribution in [2.45, 2.75) is 26.4 Å². The molecule has 0 spiro atoms. The number of hydrogen-bond acceptors (Lipinski definition) is 5. The first-order chi connectivity index (χ1) is 14.7. The fraction of sp³-hybridized carbons (Fsp3) is 0.182. The van der Waals surface area contributed by atoms with E-state index in [-0.39, 0.29) is 5.56 Å². The maximum Gasteiger partial charge on any atom is 0.279 e. The number of hydrogen-bond donors (Lipinski definition) is 1. The average molecular weight is 400 g/mol. The lowest BCUT2D eigenvalue weighted by Gasteiger charge is -2.08. The van der Waals surface area contributed by atoms with Crippen molar-refractivity contribution in [3.63, 3.8) is 0 Å². The summed E-state index contributed by atoms with van der Waals surface area (Å²) >= 11 is 0. The van der Waals surface area contributed by atoms with Crippen LogP contribution in [0, 0.1) is 0 Å². The first kappa shape index (κ1) is 18.1. The van der Waals surface area contributed by atoms with Crippen LogP contribution >= 0.6 is 0 Å². The Labute approximate surface area is 171 Å².